The third kappa shape index (κ3) is 5.49. The van der Waals surface area contributed by atoms with Gasteiger partial charge in [0.15, 0.2) is 0 Å². The lowest BCUT2D eigenvalue weighted by molar-refractivity contribution is -0.137. The summed E-state index contributed by atoms with van der Waals surface area (Å²) in [5.41, 5.74) is -0.587. The normalized spacial score (nSPS) is 12.0. The van der Waals surface area contributed by atoms with Crippen molar-refractivity contribution in [3.63, 3.8) is 0 Å². The van der Waals surface area contributed by atoms with Gasteiger partial charge in [-0.05, 0) is 30.9 Å². The van der Waals surface area contributed by atoms with Crippen molar-refractivity contribution in [1.82, 2.24) is 5.32 Å². The van der Waals surface area contributed by atoms with Crippen LogP contribution in [0.2, 0.25) is 0 Å². The third-order valence-electron chi connectivity index (χ3n) is 3.37. The lowest BCUT2D eigenvalue weighted by Gasteiger charge is -2.14. The molecule has 6 heteroatoms. The van der Waals surface area contributed by atoms with Gasteiger partial charge in [-0.2, -0.15) is 0 Å². The molecule has 0 heterocycles. The number of carbonyl (C=O) groups excluding carboxylic acids is 1. The van der Waals surface area contributed by atoms with Gasteiger partial charge in [-0.3, -0.25) is 9.59 Å². The van der Waals surface area contributed by atoms with Crippen LogP contribution in [0.1, 0.15) is 43.0 Å². The highest BCUT2D eigenvalue weighted by Gasteiger charge is 2.17. The first-order valence-electron chi connectivity index (χ1n) is 6.89. The Morgan fingerprint density at radius 1 is 1.24 bits per heavy atom. The molecule has 0 aliphatic carbocycles. The van der Waals surface area contributed by atoms with E-state index in [-0.39, 0.29) is 18.9 Å². The molecule has 1 aromatic rings. The number of hydrogen-bond acceptors (Lipinski definition) is 2. The van der Waals surface area contributed by atoms with E-state index in [9.17, 15) is 18.4 Å². The van der Waals surface area contributed by atoms with Gasteiger partial charge in [0.2, 0.25) is 0 Å². The van der Waals surface area contributed by atoms with Gasteiger partial charge in [-0.15, -0.1) is 0 Å². The summed E-state index contributed by atoms with van der Waals surface area (Å²) in [5.74, 6) is -3.28. The molecule has 1 rings (SSSR count). The van der Waals surface area contributed by atoms with Crippen molar-refractivity contribution in [3.05, 3.63) is 35.4 Å². The van der Waals surface area contributed by atoms with Crippen LogP contribution in [-0.2, 0) is 4.79 Å². The number of carboxylic acids is 1. The minimum atomic E-state index is -0.898. The van der Waals surface area contributed by atoms with Crippen molar-refractivity contribution in [1.29, 1.82) is 0 Å². The molecule has 1 unspecified atom stereocenters. The Kier molecular flexibility index (Phi) is 6.78. The highest BCUT2D eigenvalue weighted by Crippen LogP contribution is 2.15. The van der Waals surface area contributed by atoms with Crippen LogP contribution in [0, 0.1) is 17.6 Å². The van der Waals surface area contributed by atoms with Gasteiger partial charge < -0.3 is 10.4 Å². The Hall–Kier alpha value is -1.98. The van der Waals surface area contributed by atoms with Crippen LogP contribution in [0.25, 0.3) is 0 Å². The third-order valence-corrected chi connectivity index (χ3v) is 3.37. The molecule has 0 saturated heterocycles. The quantitative estimate of drug-likeness (QED) is 0.775. The SMILES string of the molecule is CCC(CCNC(=O)c1c(F)cccc1F)CCC(=O)O. The van der Waals surface area contributed by atoms with Gasteiger partial charge in [0.25, 0.3) is 5.91 Å². The molecule has 1 aromatic carbocycles. The fourth-order valence-electron chi connectivity index (χ4n) is 2.07. The molecule has 116 valence electrons. The fraction of sp³-hybridized carbons (Fsp3) is 0.467. The molecule has 1 amide bonds. The second-order valence-corrected chi connectivity index (χ2v) is 4.85. The lowest BCUT2D eigenvalue weighted by atomic mass is 9.96. The van der Waals surface area contributed by atoms with E-state index >= 15 is 0 Å². The average Bonchev–Trinajstić information content (AvgIpc) is 2.42. The smallest absolute Gasteiger partial charge is 0.303 e. The zero-order valence-corrected chi connectivity index (χ0v) is 11.9. The van der Waals surface area contributed by atoms with E-state index in [1.54, 1.807) is 0 Å². The molecule has 0 aromatic heterocycles. The number of rotatable bonds is 8. The molecule has 0 aliphatic rings. The van der Waals surface area contributed by atoms with E-state index in [1.807, 2.05) is 6.92 Å². The van der Waals surface area contributed by atoms with Crippen LogP contribution in [0.4, 0.5) is 8.78 Å². The summed E-state index contributed by atoms with van der Waals surface area (Å²) < 4.78 is 26.8. The molecule has 0 aliphatic heterocycles. The summed E-state index contributed by atoms with van der Waals surface area (Å²) in [7, 11) is 0. The zero-order valence-electron chi connectivity index (χ0n) is 11.9. The predicted molar refractivity (Wildman–Crippen MR) is 74.0 cm³/mol. The maximum Gasteiger partial charge on any atom is 0.303 e. The number of hydrogen-bond donors (Lipinski definition) is 2. The molecule has 4 nitrogen and oxygen atoms in total. The summed E-state index contributed by atoms with van der Waals surface area (Å²) >= 11 is 0. The van der Waals surface area contributed by atoms with Gasteiger partial charge in [-0.25, -0.2) is 8.78 Å². The first kappa shape index (κ1) is 17.1. The second-order valence-electron chi connectivity index (χ2n) is 4.85. The molecule has 21 heavy (non-hydrogen) atoms. The Labute approximate surface area is 122 Å². The highest BCUT2D eigenvalue weighted by molar-refractivity contribution is 5.94. The molecule has 0 bridgehead atoms. The predicted octanol–water partition coefficient (Wildman–Crippen LogP) is 2.98. The van der Waals surface area contributed by atoms with E-state index in [1.165, 1.54) is 6.07 Å². The van der Waals surface area contributed by atoms with E-state index < -0.39 is 29.1 Å². The molecular formula is C15H19F2NO3. The van der Waals surface area contributed by atoms with E-state index in [0.717, 1.165) is 18.6 Å². The van der Waals surface area contributed by atoms with Crippen LogP contribution < -0.4 is 5.32 Å². The number of halogens is 2. The summed E-state index contributed by atoms with van der Waals surface area (Å²) in [6.45, 7) is 2.19. The van der Waals surface area contributed by atoms with Gasteiger partial charge >= 0.3 is 5.97 Å². The monoisotopic (exact) mass is 299 g/mol. The fourth-order valence-corrected chi connectivity index (χ4v) is 2.07. The minimum Gasteiger partial charge on any atom is -0.481 e. The Bertz CT molecular complexity index is 485. The first-order valence-corrected chi connectivity index (χ1v) is 6.89. The Morgan fingerprint density at radius 2 is 1.86 bits per heavy atom. The lowest BCUT2D eigenvalue weighted by Crippen LogP contribution is -2.27. The molecule has 0 spiro atoms. The van der Waals surface area contributed by atoms with Crippen molar-refractivity contribution in [3.8, 4) is 0 Å². The van der Waals surface area contributed by atoms with Crippen LogP contribution in [0.15, 0.2) is 18.2 Å². The minimum absolute atomic E-state index is 0.0778. The number of benzene rings is 1. The number of amides is 1. The number of carboxylic acid groups (broad SMARTS) is 1. The topological polar surface area (TPSA) is 66.4 Å². The average molecular weight is 299 g/mol. The summed E-state index contributed by atoms with van der Waals surface area (Å²) in [4.78, 5) is 22.2. The first-order chi connectivity index (χ1) is 9.95. The van der Waals surface area contributed by atoms with Crippen LogP contribution in [0.5, 0.6) is 0 Å². The number of carbonyl (C=O) groups is 2. The molecule has 0 fully saturated rings. The second kappa shape index (κ2) is 8.34. The number of aliphatic carboxylic acids is 1. The maximum atomic E-state index is 13.4. The van der Waals surface area contributed by atoms with Gasteiger partial charge in [0, 0.05) is 13.0 Å². The Morgan fingerprint density at radius 3 is 2.38 bits per heavy atom. The van der Waals surface area contributed by atoms with Crippen molar-refractivity contribution < 1.29 is 23.5 Å². The Balaban J connectivity index is 2.47. The van der Waals surface area contributed by atoms with Crippen molar-refractivity contribution >= 4 is 11.9 Å². The van der Waals surface area contributed by atoms with E-state index in [2.05, 4.69) is 5.32 Å². The summed E-state index contributed by atoms with van der Waals surface area (Å²) in [6, 6.07) is 3.25. The zero-order chi connectivity index (χ0) is 15.8. The molecule has 0 radical (unpaired) electrons. The van der Waals surface area contributed by atoms with Crippen LogP contribution in [0.3, 0.4) is 0 Å². The number of nitrogens with one attached hydrogen (secondary N) is 1. The summed E-state index contributed by atoms with van der Waals surface area (Å²) in [6.07, 6.45) is 1.97. The van der Waals surface area contributed by atoms with E-state index in [0.29, 0.717) is 12.8 Å². The van der Waals surface area contributed by atoms with Crippen molar-refractivity contribution in [2.45, 2.75) is 32.6 Å². The standard InChI is InChI=1S/C15H19F2NO3/c1-2-10(6-7-13(19)20)8-9-18-15(21)14-11(16)4-3-5-12(14)17/h3-5,10H,2,6-9H2,1H3,(H,18,21)(H,19,20). The van der Waals surface area contributed by atoms with Crippen molar-refractivity contribution in [2.75, 3.05) is 6.54 Å². The van der Waals surface area contributed by atoms with Crippen LogP contribution >= 0.6 is 0 Å². The molecule has 1 atom stereocenters. The molecule has 2 N–H and O–H groups in total. The molecule has 0 saturated carbocycles. The molecular weight excluding hydrogens is 280 g/mol. The van der Waals surface area contributed by atoms with E-state index in [4.69, 9.17) is 5.11 Å². The van der Waals surface area contributed by atoms with Crippen LogP contribution in [-0.4, -0.2) is 23.5 Å². The van der Waals surface area contributed by atoms with Crippen molar-refractivity contribution in [2.24, 2.45) is 5.92 Å². The summed E-state index contributed by atoms with van der Waals surface area (Å²) in [5, 5.41) is 11.1. The van der Waals surface area contributed by atoms with Gasteiger partial charge in [0.05, 0.1) is 0 Å². The highest BCUT2D eigenvalue weighted by atomic mass is 19.1. The largest absolute Gasteiger partial charge is 0.481 e. The van der Waals surface area contributed by atoms with Gasteiger partial charge in [0.1, 0.15) is 17.2 Å². The van der Waals surface area contributed by atoms with Gasteiger partial charge in [-0.1, -0.05) is 19.4 Å². The maximum absolute atomic E-state index is 13.4.